The molecule has 0 aliphatic carbocycles. The highest BCUT2D eigenvalue weighted by Crippen LogP contribution is 2.24. The zero-order chi connectivity index (χ0) is 9.42. The number of hydrogen-bond donors (Lipinski definition) is 0. The molecule has 4 heteroatoms. The minimum Gasteiger partial charge on any atom is -0.320 e. The molecule has 0 aromatic carbocycles. The van der Waals surface area contributed by atoms with Gasteiger partial charge < -0.3 is 4.40 Å². The molecule has 0 atom stereocenters. The van der Waals surface area contributed by atoms with Gasteiger partial charge in [-0.2, -0.15) is 5.26 Å². The fourth-order valence-corrected chi connectivity index (χ4v) is 2.12. The third-order valence-electron chi connectivity index (χ3n) is 1.75. The Hall–Kier alpha value is -0.980. The Kier molecular flexibility index (Phi) is 2.03. The monoisotopic (exact) mass is 254 g/mol. The Labute approximate surface area is 88.5 Å². The average molecular weight is 256 g/mol. The van der Waals surface area contributed by atoms with Gasteiger partial charge in [-0.3, -0.25) is 0 Å². The lowest BCUT2D eigenvalue weighted by Crippen LogP contribution is -1.81. The molecule has 0 amide bonds. The first-order chi connectivity index (χ1) is 6.20. The smallest absolute Gasteiger partial charge is 0.101 e. The summed E-state index contributed by atoms with van der Waals surface area (Å²) in [4.78, 5) is 0. The summed E-state index contributed by atoms with van der Waals surface area (Å²) in [6, 6.07) is 5.69. The molecule has 0 unspecified atom stereocenters. The summed E-state index contributed by atoms with van der Waals surface area (Å²) in [5, 5.41) is 9.33. The molecule has 0 aliphatic rings. The predicted octanol–water partition coefficient (Wildman–Crippen LogP) is 3.23. The van der Waals surface area contributed by atoms with Gasteiger partial charge in [-0.15, -0.1) is 0 Å². The van der Waals surface area contributed by atoms with Gasteiger partial charge in [-0.05, 0) is 28.1 Å². The van der Waals surface area contributed by atoms with Gasteiger partial charge in [0.05, 0.1) is 16.1 Å². The summed E-state index contributed by atoms with van der Waals surface area (Å²) in [5.41, 5.74) is 1.57. The molecule has 2 nitrogen and oxygen atoms in total. The minimum absolute atomic E-state index is 0.628. The highest BCUT2D eigenvalue weighted by atomic mass is 79.9. The molecule has 0 saturated carbocycles. The van der Waals surface area contributed by atoms with Crippen LogP contribution in [0.5, 0.6) is 0 Å². The van der Waals surface area contributed by atoms with Crippen LogP contribution in [-0.2, 0) is 0 Å². The van der Waals surface area contributed by atoms with E-state index in [9.17, 15) is 0 Å². The van der Waals surface area contributed by atoms with Crippen LogP contribution in [0.25, 0.3) is 5.52 Å². The van der Waals surface area contributed by atoms with E-state index in [-0.39, 0.29) is 0 Å². The van der Waals surface area contributed by atoms with Crippen LogP contribution in [0.2, 0.25) is 5.02 Å². The van der Waals surface area contributed by atoms with E-state index in [0.29, 0.717) is 10.6 Å². The van der Waals surface area contributed by atoms with Crippen LogP contribution < -0.4 is 0 Å². The van der Waals surface area contributed by atoms with Gasteiger partial charge >= 0.3 is 0 Å². The molecule has 13 heavy (non-hydrogen) atoms. The van der Waals surface area contributed by atoms with Crippen LogP contribution >= 0.6 is 27.5 Å². The number of hydrogen-bond acceptors (Lipinski definition) is 1. The number of halogens is 2. The van der Waals surface area contributed by atoms with E-state index in [1.54, 1.807) is 24.5 Å². The molecule has 64 valence electrons. The Morgan fingerprint density at radius 1 is 1.38 bits per heavy atom. The Morgan fingerprint density at radius 2 is 2.15 bits per heavy atom. The van der Waals surface area contributed by atoms with Crippen molar-refractivity contribution in [2.24, 2.45) is 0 Å². The number of nitrogens with zero attached hydrogens (tertiary/aromatic N) is 2. The molecule has 2 aromatic heterocycles. The van der Waals surface area contributed by atoms with Crippen molar-refractivity contribution < 1.29 is 0 Å². The molecule has 0 spiro atoms. The van der Waals surface area contributed by atoms with Crippen molar-refractivity contribution in [2.45, 2.75) is 0 Å². The molecule has 0 fully saturated rings. The van der Waals surface area contributed by atoms with Crippen molar-refractivity contribution in [2.75, 3.05) is 0 Å². The fourth-order valence-electron chi connectivity index (χ4n) is 1.20. The maximum absolute atomic E-state index is 8.69. The first-order valence-corrected chi connectivity index (χ1v) is 4.74. The standard InChI is InChI=1S/C9H4BrClN2/c10-8-2-7(11)5-13-4-6(3-12)1-9(8)13/h1-2,4-5H. The third kappa shape index (κ3) is 1.43. The molecular formula is C9H4BrClN2. The van der Waals surface area contributed by atoms with Crippen molar-refractivity contribution in [1.29, 1.82) is 5.26 Å². The van der Waals surface area contributed by atoms with Gasteiger partial charge in [-0.1, -0.05) is 11.6 Å². The molecule has 0 radical (unpaired) electrons. The first kappa shape index (κ1) is 8.61. The van der Waals surface area contributed by atoms with Crippen molar-refractivity contribution in [3.05, 3.63) is 39.6 Å². The van der Waals surface area contributed by atoms with Crippen LogP contribution in [0.15, 0.2) is 29.0 Å². The Morgan fingerprint density at radius 3 is 2.85 bits per heavy atom. The second kappa shape index (κ2) is 3.06. The number of nitriles is 1. The summed E-state index contributed by atoms with van der Waals surface area (Å²) in [6.45, 7) is 0. The maximum atomic E-state index is 8.69. The van der Waals surface area contributed by atoms with Crippen LogP contribution in [-0.4, -0.2) is 4.40 Å². The largest absolute Gasteiger partial charge is 0.320 e. The summed E-state index contributed by atoms with van der Waals surface area (Å²) < 4.78 is 2.71. The molecule has 0 bridgehead atoms. The van der Waals surface area contributed by atoms with Gasteiger partial charge in [-0.25, -0.2) is 0 Å². The summed E-state index contributed by atoms with van der Waals surface area (Å²) in [6.07, 6.45) is 3.51. The quantitative estimate of drug-likeness (QED) is 0.710. The van der Waals surface area contributed by atoms with Gasteiger partial charge in [0.25, 0.3) is 0 Å². The highest BCUT2D eigenvalue weighted by Gasteiger charge is 2.03. The maximum Gasteiger partial charge on any atom is 0.101 e. The zero-order valence-corrected chi connectivity index (χ0v) is 8.80. The summed E-state index contributed by atoms with van der Waals surface area (Å²) in [7, 11) is 0. The number of pyridine rings is 1. The van der Waals surface area contributed by atoms with Gasteiger partial charge in [0.2, 0.25) is 0 Å². The Balaban J connectivity index is 2.84. The molecule has 2 rings (SSSR count). The van der Waals surface area contributed by atoms with Crippen LogP contribution in [0.1, 0.15) is 5.56 Å². The van der Waals surface area contributed by atoms with E-state index in [4.69, 9.17) is 16.9 Å². The topological polar surface area (TPSA) is 28.2 Å². The van der Waals surface area contributed by atoms with E-state index in [1.807, 2.05) is 4.40 Å². The molecule has 0 N–H and O–H groups in total. The van der Waals surface area contributed by atoms with Crippen LogP contribution in [0.4, 0.5) is 0 Å². The normalized spacial score (nSPS) is 10.2. The lowest BCUT2D eigenvalue weighted by molar-refractivity contribution is 1.19. The number of fused-ring (bicyclic) bond motifs is 1. The first-order valence-electron chi connectivity index (χ1n) is 3.57. The SMILES string of the molecule is N#Cc1cc2c(Br)cc(Cl)cn2c1. The van der Waals surface area contributed by atoms with Gasteiger partial charge in [0.1, 0.15) is 6.07 Å². The minimum atomic E-state index is 0.628. The van der Waals surface area contributed by atoms with E-state index in [1.165, 1.54) is 0 Å². The van der Waals surface area contributed by atoms with Crippen LogP contribution in [0, 0.1) is 11.3 Å². The summed E-state index contributed by atoms with van der Waals surface area (Å²) in [5.74, 6) is 0. The highest BCUT2D eigenvalue weighted by molar-refractivity contribution is 9.10. The zero-order valence-electron chi connectivity index (χ0n) is 6.46. The lowest BCUT2D eigenvalue weighted by atomic mass is 10.3. The molecular weight excluding hydrogens is 251 g/mol. The molecule has 2 heterocycles. The van der Waals surface area contributed by atoms with Crippen molar-refractivity contribution in [1.82, 2.24) is 4.40 Å². The van der Waals surface area contributed by atoms with E-state index >= 15 is 0 Å². The van der Waals surface area contributed by atoms with Gasteiger partial charge in [0.15, 0.2) is 0 Å². The van der Waals surface area contributed by atoms with E-state index < -0.39 is 0 Å². The molecule has 0 saturated heterocycles. The second-order valence-electron chi connectivity index (χ2n) is 2.64. The fraction of sp³-hybridized carbons (Fsp3) is 0. The molecule has 0 aliphatic heterocycles. The second-order valence-corrected chi connectivity index (χ2v) is 3.93. The van der Waals surface area contributed by atoms with E-state index in [2.05, 4.69) is 22.0 Å². The third-order valence-corrected chi connectivity index (χ3v) is 2.59. The lowest BCUT2D eigenvalue weighted by Gasteiger charge is -1.97. The summed E-state index contributed by atoms with van der Waals surface area (Å²) >= 11 is 9.22. The van der Waals surface area contributed by atoms with E-state index in [0.717, 1.165) is 9.99 Å². The van der Waals surface area contributed by atoms with Crippen LogP contribution in [0.3, 0.4) is 0 Å². The van der Waals surface area contributed by atoms with Crippen molar-refractivity contribution >= 4 is 33.0 Å². The van der Waals surface area contributed by atoms with Crippen molar-refractivity contribution in [3.63, 3.8) is 0 Å². The number of rotatable bonds is 0. The van der Waals surface area contributed by atoms with Crippen molar-refractivity contribution in [3.8, 4) is 6.07 Å². The molecule has 2 aromatic rings. The number of aromatic nitrogens is 1. The Bertz CT molecular complexity index is 510. The predicted molar refractivity (Wildman–Crippen MR) is 54.8 cm³/mol. The average Bonchev–Trinajstić information content (AvgIpc) is 2.47. The van der Waals surface area contributed by atoms with Gasteiger partial charge in [0, 0.05) is 16.9 Å².